The van der Waals surface area contributed by atoms with Crippen LogP contribution in [0.2, 0.25) is 0 Å². The van der Waals surface area contributed by atoms with E-state index < -0.39 is 12.6 Å². The van der Waals surface area contributed by atoms with E-state index in [0.717, 1.165) is 11.5 Å². The lowest BCUT2D eigenvalue weighted by atomic mass is 9.77. The Balaban J connectivity index is 1.47. The zero-order chi connectivity index (χ0) is 22.1. The maximum atomic E-state index is 12.2. The molecule has 1 fully saturated rings. The van der Waals surface area contributed by atoms with Gasteiger partial charge in [0.25, 0.3) is 0 Å². The van der Waals surface area contributed by atoms with Gasteiger partial charge in [-0.3, -0.25) is 0 Å². The molecule has 3 heteroatoms. The van der Waals surface area contributed by atoms with Gasteiger partial charge < -0.3 is 0 Å². The predicted octanol–water partition coefficient (Wildman–Crippen LogP) is 9.48. The summed E-state index contributed by atoms with van der Waals surface area (Å²) >= 11 is 0. The van der Waals surface area contributed by atoms with E-state index in [1.807, 2.05) is 0 Å². The van der Waals surface area contributed by atoms with Gasteiger partial charge in [-0.05, 0) is 79.0 Å². The van der Waals surface area contributed by atoms with Crippen LogP contribution in [0.25, 0.3) is 11.1 Å². The van der Waals surface area contributed by atoms with Crippen LogP contribution in [0, 0.1) is 5.92 Å². The van der Waals surface area contributed by atoms with Crippen LogP contribution >= 0.6 is 0 Å². The molecular weight excluding hydrogens is 393 g/mol. The van der Waals surface area contributed by atoms with E-state index >= 15 is 0 Å². The smallest absolute Gasteiger partial charge is 0.171 e. The van der Waals surface area contributed by atoms with Gasteiger partial charge in [0.2, 0.25) is 0 Å². The Morgan fingerprint density at radius 1 is 0.742 bits per heavy atom. The topological polar surface area (TPSA) is 0 Å². The van der Waals surface area contributed by atoms with Crippen LogP contribution in [0.15, 0.2) is 48.5 Å². The van der Waals surface area contributed by atoms with Gasteiger partial charge in [0.15, 0.2) is 0 Å². The molecule has 0 unspecified atom stereocenters. The number of hydrogen-bond acceptors (Lipinski definition) is 0. The molecule has 0 bridgehead atoms. The van der Waals surface area contributed by atoms with E-state index in [1.165, 1.54) is 68.1 Å². The second-order valence-electron chi connectivity index (χ2n) is 9.35. The Hall–Kier alpha value is -1.77. The van der Waals surface area contributed by atoms with Crippen molar-refractivity contribution in [3.63, 3.8) is 0 Å². The van der Waals surface area contributed by atoms with Gasteiger partial charge in [-0.25, -0.2) is 0 Å². The monoisotopic (exact) mass is 430 g/mol. The van der Waals surface area contributed by atoms with Crippen LogP contribution in [-0.4, -0.2) is 6.18 Å². The molecule has 0 atom stereocenters. The van der Waals surface area contributed by atoms with Gasteiger partial charge >= 0.3 is 6.18 Å². The molecule has 1 saturated carbocycles. The number of aryl methyl sites for hydroxylation is 1. The van der Waals surface area contributed by atoms with Crippen molar-refractivity contribution in [2.24, 2.45) is 5.92 Å². The summed E-state index contributed by atoms with van der Waals surface area (Å²) in [5.41, 5.74) is 4.96. The number of halogens is 3. The van der Waals surface area contributed by atoms with E-state index in [4.69, 9.17) is 0 Å². The van der Waals surface area contributed by atoms with E-state index in [2.05, 4.69) is 55.5 Å². The Kier molecular flexibility index (Phi) is 9.04. The first-order chi connectivity index (χ1) is 14.9. The molecule has 0 aromatic heterocycles. The summed E-state index contributed by atoms with van der Waals surface area (Å²) in [4.78, 5) is 0. The third-order valence-corrected chi connectivity index (χ3v) is 6.91. The average molecular weight is 431 g/mol. The van der Waals surface area contributed by atoms with Crippen molar-refractivity contribution >= 4 is 0 Å². The van der Waals surface area contributed by atoms with Crippen LogP contribution < -0.4 is 0 Å². The molecular formula is C28H37F3. The molecule has 0 amide bonds. The Morgan fingerprint density at radius 3 is 1.94 bits per heavy atom. The first-order valence-corrected chi connectivity index (χ1v) is 12.2. The molecule has 0 saturated heterocycles. The molecule has 0 heterocycles. The molecule has 0 N–H and O–H groups in total. The maximum Gasteiger partial charge on any atom is 0.389 e. The van der Waals surface area contributed by atoms with Crippen LogP contribution in [0.5, 0.6) is 0 Å². The summed E-state index contributed by atoms with van der Waals surface area (Å²) in [5.74, 6) is 1.64. The van der Waals surface area contributed by atoms with Gasteiger partial charge in [0.05, 0.1) is 0 Å². The number of benzene rings is 2. The molecule has 0 nitrogen and oxygen atoms in total. The summed E-state index contributed by atoms with van der Waals surface area (Å²) in [6, 6.07) is 17.3. The van der Waals surface area contributed by atoms with Crippen molar-refractivity contribution < 1.29 is 13.2 Å². The third-order valence-electron chi connectivity index (χ3n) is 6.91. The van der Waals surface area contributed by atoms with Crippen LogP contribution in [0.4, 0.5) is 13.2 Å². The first kappa shape index (κ1) is 23.9. The van der Waals surface area contributed by atoms with Crippen molar-refractivity contribution in [1.82, 2.24) is 0 Å². The fourth-order valence-electron chi connectivity index (χ4n) is 4.93. The van der Waals surface area contributed by atoms with Gasteiger partial charge in [-0.1, -0.05) is 81.1 Å². The van der Waals surface area contributed by atoms with Crippen LogP contribution in [-0.2, 0) is 6.42 Å². The Morgan fingerprint density at radius 2 is 1.35 bits per heavy atom. The second kappa shape index (κ2) is 11.7. The largest absolute Gasteiger partial charge is 0.389 e. The molecule has 0 aliphatic heterocycles. The minimum atomic E-state index is -4.04. The first-order valence-electron chi connectivity index (χ1n) is 12.2. The summed E-state index contributed by atoms with van der Waals surface area (Å²) in [5, 5.41) is 0. The minimum Gasteiger partial charge on any atom is -0.171 e. The lowest BCUT2D eigenvalue weighted by molar-refractivity contribution is -0.135. The number of hydrogen-bond donors (Lipinski definition) is 0. The third kappa shape index (κ3) is 8.01. The fraction of sp³-hybridized carbons (Fsp3) is 0.571. The van der Waals surface area contributed by atoms with Crippen molar-refractivity contribution in [2.75, 3.05) is 0 Å². The molecule has 31 heavy (non-hydrogen) atoms. The number of alkyl halides is 3. The maximum absolute atomic E-state index is 12.2. The van der Waals surface area contributed by atoms with Gasteiger partial charge in [-0.15, -0.1) is 0 Å². The highest BCUT2D eigenvalue weighted by Crippen LogP contribution is 2.38. The summed E-state index contributed by atoms with van der Waals surface area (Å²) in [6.45, 7) is 2.28. The quantitative estimate of drug-likeness (QED) is 0.329. The highest BCUT2D eigenvalue weighted by atomic mass is 19.4. The van der Waals surface area contributed by atoms with E-state index in [0.29, 0.717) is 18.8 Å². The van der Waals surface area contributed by atoms with Gasteiger partial charge in [0, 0.05) is 6.42 Å². The number of rotatable bonds is 10. The van der Waals surface area contributed by atoms with Crippen molar-refractivity contribution in [3.8, 4) is 11.1 Å². The fourth-order valence-corrected chi connectivity index (χ4v) is 4.93. The van der Waals surface area contributed by atoms with Crippen molar-refractivity contribution in [1.29, 1.82) is 0 Å². The molecule has 3 rings (SSSR count). The minimum absolute atomic E-state index is 0.202. The zero-order valence-electron chi connectivity index (χ0n) is 18.9. The SMILES string of the molecule is CCCCCC1CCC(c2ccc(-c3ccc(CCCCC(F)(F)F)cc3)cc2)CC1. The van der Waals surface area contributed by atoms with Crippen molar-refractivity contribution in [2.45, 2.75) is 96.1 Å². The summed E-state index contributed by atoms with van der Waals surface area (Å²) < 4.78 is 36.7. The van der Waals surface area contributed by atoms with Gasteiger partial charge in [0.1, 0.15) is 0 Å². The molecule has 170 valence electrons. The standard InChI is InChI=1S/C28H37F3/c1-2-3-4-7-22-9-13-24(14-10-22)26-17-19-27(20-18-26)25-15-11-23(12-16-25)8-5-6-21-28(29,30)31/h11-12,15-20,22,24H,2-10,13-14,21H2,1H3. The second-order valence-corrected chi connectivity index (χ2v) is 9.35. The van der Waals surface area contributed by atoms with Crippen LogP contribution in [0.3, 0.4) is 0 Å². The Bertz CT molecular complexity index is 750. The molecule has 0 spiro atoms. The average Bonchev–Trinajstić information content (AvgIpc) is 2.77. The summed E-state index contributed by atoms with van der Waals surface area (Å²) in [7, 11) is 0. The molecule has 1 aliphatic carbocycles. The highest BCUT2D eigenvalue weighted by Gasteiger charge is 2.25. The normalized spacial score (nSPS) is 19.5. The van der Waals surface area contributed by atoms with Gasteiger partial charge in [-0.2, -0.15) is 13.2 Å². The Labute approximate surface area is 186 Å². The molecule has 0 radical (unpaired) electrons. The lowest BCUT2D eigenvalue weighted by Gasteiger charge is -2.29. The molecule has 2 aromatic rings. The predicted molar refractivity (Wildman–Crippen MR) is 124 cm³/mol. The van der Waals surface area contributed by atoms with E-state index in [9.17, 15) is 13.2 Å². The number of unbranched alkanes of at least 4 members (excludes halogenated alkanes) is 3. The zero-order valence-corrected chi connectivity index (χ0v) is 18.9. The van der Waals surface area contributed by atoms with E-state index in [-0.39, 0.29) is 6.42 Å². The lowest BCUT2D eigenvalue weighted by Crippen LogP contribution is -2.13. The molecule has 2 aromatic carbocycles. The van der Waals surface area contributed by atoms with E-state index in [1.54, 1.807) is 0 Å². The summed E-state index contributed by atoms with van der Waals surface area (Å²) in [6.07, 6.45) is 7.65. The van der Waals surface area contributed by atoms with Crippen molar-refractivity contribution in [3.05, 3.63) is 59.7 Å². The molecule has 1 aliphatic rings. The highest BCUT2D eigenvalue weighted by molar-refractivity contribution is 5.64. The van der Waals surface area contributed by atoms with Crippen LogP contribution in [0.1, 0.15) is 94.6 Å².